The van der Waals surface area contributed by atoms with Gasteiger partial charge in [-0.25, -0.2) is 4.39 Å². The molecule has 0 radical (unpaired) electrons. The average Bonchev–Trinajstić information content (AvgIpc) is 2.74. The number of benzene rings is 3. The lowest BCUT2D eigenvalue weighted by Gasteiger charge is -2.14. The zero-order chi connectivity index (χ0) is 19.3. The van der Waals surface area contributed by atoms with E-state index >= 15 is 4.39 Å². The number of para-hydroxylation sites is 1. The summed E-state index contributed by atoms with van der Waals surface area (Å²) < 4.78 is 15.0. The average molecular weight is 370 g/mol. The van der Waals surface area contributed by atoms with Crippen LogP contribution in [0.1, 0.15) is 27.7 Å². The normalized spacial score (nSPS) is 11.9. The smallest absolute Gasteiger partial charge is 0.256 e. The van der Waals surface area contributed by atoms with Crippen molar-refractivity contribution in [1.29, 1.82) is 0 Å². The van der Waals surface area contributed by atoms with Crippen molar-refractivity contribution < 1.29 is 9.18 Å². The van der Waals surface area contributed by atoms with Crippen molar-refractivity contribution in [2.24, 2.45) is 0 Å². The summed E-state index contributed by atoms with van der Waals surface area (Å²) in [5.41, 5.74) is 2.92. The van der Waals surface area contributed by atoms with E-state index in [-0.39, 0.29) is 12.3 Å². The van der Waals surface area contributed by atoms with Gasteiger partial charge in [-0.15, -0.1) is 0 Å². The van der Waals surface area contributed by atoms with Gasteiger partial charge in [0, 0.05) is 23.6 Å². The summed E-state index contributed by atoms with van der Waals surface area (Å²) in [6.07, 6.45) is 0.639. The van der Waals surface area contributed by atoms with Crippen LogP contribution < -0.4 is 5.32 Å². The Kier molecular flexibility index (Phi) is 5.11. The van der Waals surface area contributed by atoms with E-state index in [9.17, 15) is 4.79 Å². The maximum absolute atomic E-state index is 15.0. The number of alkyl halides is 1. The maximum Gasteiger partial charge on any atom is 0.256 e. The van der Waals surface area contributed by atoms with Gasteiger partial charge in [-0.05, 0) is 29.3 Å². The minimum Gasteiger partial charge on any atom is -0.320 e. The van der Waals surface area contributed by atoms with Crippen LogP contribution in [0.5, 0.6) is 0 Å². The lowest BCUT2D eigenvalue weighted by Crippen LogP contribution is -2.16. The third kappa shape index (κ3) is 3.76. The number of anilines is 1. The lowest BCUT2D eigenvalue weighted by atomic mass is 9.97. The number of aromatic nitrogens is 1. The van der Waals surface area contributed by atoms with E-state index < -0.39 is 6.17 Å². The number of carbonyl (C=O) groups is 1. The maximum atomic E-state index is 15.0. The molecule has 1 amide bonds. The number of halogens is 1. The molecule has 1 unspecified atom stereocenters. The number of nitrogens with zero attached hydrogens (tertiary/aromatic N) is 1. The SMILES string of the molecule is O=C(Nc1cccc2cccnc12)c1ccccc1C(F)Cc1ccccc1. The Hall–Kier alpha value is -3.53. The molecular weight excluding hydrogens is 351 g/mol. The fourth-order valence-electron chi connectivity index (χ4n) is 3.30. The zero-order valence-corrected chi connectivity index (χ0v) is 15.2. The molecule has 0 saturated heterocycles. The Balaban J connectivity index is 1.61. The molecule has 0 fully saturated rings. The molecule has 138 valence electrons. The van der Waals surface area contributed by atoms with E-state index in [2.05, 4.69) is 10.3 Å². The molecule has 28 heavy (non-hydrogen) atoms. The molecule has 0 aliphatic heterocycles. The number of hydrogen-bond donors (Lipinski definition) is 1. The monoisotopic (exact) mass is 370 g/mol. The number of amides is 1. The third-order valence-electron chi connectivity index (χ3n) is 4.68. The highest BCUT2D eigenvalue weighted by Gasteiger charge is 2.19. The molecule has 0 aliphatic carbocycles. The van der Waals surface area contributed by atoms with Gasteiger partial charge in [0.05, 0.1) is 11.2 Å². The molecule has 1 heterocycles. The van der Waals surface area contributed by atoms with Crippen LogP contribution in [0.2, 0.25) is 0 Å². The Bertz CT molecular complexity index is 1110. The quantitative estimate of drug-likeness (QED) is 0.487. The second kappa shape index (κ2) is 8.01. The summed E-state index contributed by atoms with van der Waals surface area (Å²) in [6.45, 7) is 0. The molecule has 1 aromatic heterocycles. The van der Waals surface area contributed by atoms with Gasteiger partial charge in [-0.3, -0.25) is 9.78 Å². The van der Waals surface area contributed by atoms with Crippen molar-refractivity contribution >= 4 is 22.5 Å². The second-order valence-corrected chi connectivity index (χ2v) is 6.58. The number of hydrogen-bond acceptors (Lipinski definition) is 2. The fraction of sp³-hybridized carbons (Fsp3) is 0.0833. The van der Waals surface area contributed by atoms with Crippen LogP contribution in [-0.2, 0) is 6.42 Å². The molecule has 1 atom stereocenters. The van der Waals surface area contributed by atoms with Gasteiger partial charge >= 0.3 is 0 Å². The zero-order valence-electron chi connectivity index (χ0n) is 15.2. The highest BCUT2D eigenvalue weighted by atomic mass is 19.1. The molecule has 3 nitrogen and oxygen atoms in total. The Labute approximate surface area is 162 Å². The Morgan fingerprint density at radius 1 is 0.893 bits per heavy atom. The highest BCUT2D eigenvalue weighted by Crippen LogP contribution is 2.27. The van der Waals surface area contributed by atoms with Crippen LogP contribution in [0.25, 0.3) is 10.9 Å². The molecule has 3 aromatic carbocycles. The second-order valence-electron chi connectivity index (χ2n) is 6.58. The van der Waals surface area contributed by atoms with Gasteiger partial charge in [0.1, 0.15) is 6.17 Å². The molecule has 4 rings (SSSR count). The first-order valence-corrected chi connectivity index (χ1v) is 9.14. The van der Waals surface area contributed by atoms with E-state index in [1.54, 1.807) is 36.5 Å². The Morgan fingerprint density at radius 2 is 1.64 bits per heavy atom. The predicted molar refractivity (Wildman–Crippen MR) is 110 cm³/mol. The summed E-state index contributed by atoms with van der Waals surface area (Å²) in [4.78, 5) is 17.3. The fourth-order valence-corrected chi connectivity index (χ4v) is 3.30. The van der Waals surface area contributed by atoms with Gasteiger partial charge in [-0.1, -0.05) is 66.7 Å². The molecule has 0 bridgehead atoms. The molecule has 4 heteroatoms. The number of nitrogens with one attached hydrogen (secondary N) is 1. The summed E-state index contributed by atoms with van der Waals surface area (Å²) in [5.74, 6) is -0.343. The summed E-state index contributed by atoms with van der Waals surface area (Å²) in [5, 5.41) is 3.82. The van der Waals surface area contributed by atoms with E-state index in [0.29, 0.717) is 22.3 Å². The first kappa shape index (κ1) is 17.9. The van der Waals surface area contributed by atoms with Crippen molar-refractivity contribution in [1.82, 2.24) is 4.98 Å². The van der Waals surface area contributed by atoms with Crippen LogP contribution in [0.15, 0.2) is 91.1 Å². The first-order chi connectivity index (χ1) is 13.7. The molecule has 0 spiro atoms. The van der Waals surface area contributed by atoms with E-state index in [1.807, 2.05) is 54.6 Å². The molecular formula is C24H19FN2O. The van der Waals surface area contributed by atoms with Gasteiger partial charge in [0.25, 0.3) is 5.91 Å². The Morgan fingerprint density at radius 3 is 2.50 bits per heavy atom. The minimum atomic E-state index is -1.27. The largest absolute Gasteiger partial charge is 0.320 e. The van der Waals surface area contributed by atoms with Crippen LogP contribution in [0.3, 0.4) is 0 Å². The summed E-state index contributed by atoms with van der Waals surface area (Å²) in [6, 6.07) is 25.6. The summed E-state index contributed by atoms with van der Waals surface area (Å²) >= 11 is 0. The van der Waals surface area contributed by atoms with Gasteiger partial charge in [0.15, 0.2) is 0 Å². The number of rotatable bonds is 5. The molecule has 0 saturated carbocycles. The molecule has 4 aromatic rings. The van der Waals surface area contributed by atoms with E-state index in [1.165, 1.54) is 0 Å². The van der Waals surface area contributed by atoms with Crippen molar-refractivity contribution in [3.05, 3.63) is 108 Å². The number of fused-ring (bicyclic) bond motifs is 1. The number of pyridine rings is 1. The van der Waals surface area contributed by atoms with E-state index in [4.69, 9.17) is 0 Å². The van der Waals surface area contributed by atoms with Crippen molar-refractivity contribution in [2.45, 2.75) is 12.6 Å². The minimum absolute atomic E-state index is 0.223. The van der Waals surface area contributed by atoms with Crippen LogP contribution in [-0.4, -0.2) is 10.9 Å². The summed E-state index contributed by atoms with van der Waals surface area (Å²) in [7, 11) is 0. The van der Waals surface area contributed by atoms with Crippen molar-refractivity contribution in [3.63, 3.8) is 0 Å². The van der Waals surface area contributed by atoms with Gasteiger partial charge < -0.3 is 5.32 Å². The third-order valence-corrected chi connectivity index (χ3v) is 4.68. The standard InChI is InChI=1S/C24H19FN2O/c25-21(16-17-8-2-1-3-9-17)19-12-4-5-13-20(19)24(28)27-22-14-6-10-18-11-7-15-26-23(18)22/h1-15,21H,16H2,(H,27,28). The van der Waals surface area contributed by atoms with Crippen LogP contribution in [0.4, 0.5) is 10.1 Å². The first-order valence-electron chi connectivity index (χ1n) is 9.14. The van der Waals surface area contributed by atoms with Crippen LogP contribution in [0, 0.1) is 0 Å². The lowest BCUT2D eigenvalue weighted by molar-refractivity contribution is 0.102. The number of carbonyl (C=O) groups excluding carboxylic acids is 1. The van der Waals surface area contributed by atoms with Crippen molar-refractivity contribution in [3.8, 4) is 0 Å². The predicted octanol–water partition coefficient (Wildman–Crippen LogP) is 5.74. The van der Waals surface area contributed by atoms with E-state index in [0.717, 1.165) is 10.9 Å². The van der Waals surface area contributed by atoms with Crippen molar-refractivity contribution in [2.75, 3.05) is 5.32 Å². The molecule has 0 aliphatic rings. The highest BCUT2D eigenvalue weighted by molar-refractivity contribution is 6.09. The van der Waals surface area contributed by atoms with Gasteiger partial charge in [0.2, 0.25) is 0 Å². The topological polar surface area (TPSA) is 42.0 Å². The van der Waals surface area contributed by atoms with Crippen LogP contribution >= 0.6 is 0 Å². The molecule has 1 N–H and O–H groups in total. The van der Waals surface area contributed by atoms with Gasteiger partial charge in [-0.2, -0.15) is 0 Å².